The fourth-order valence-corrected chi connectivity index (χ4v) is 1.58. The third-order valence-electron chi connectivity index (χ3n) is 2.56. The van der Waals surface area contributed by atoms with Gasteiger partial charge in [0.25, 0.3) is 0 Å². The monoisotopic (exact) mass is 262 g/mol. The molecule has 96 valence electrons. The summed E-state index contributed by atoms with van der Waals surface area (Å²) < 4.78 is 35.9. The summed E-state index contributed by atoms with van der Waals surface area (Å²) in [4.78, 5) is 8.56. The Morgan fingerprint density at radius 1 is 1.50 bits per heavy atom. The minimum Gasteiger partial charge on any atom is -0.450 e. The van der Waals surface area contributed by atoms with Crippen molar-refractivity contribution in [1.29, 1.82) is 0 Å². The summed E-state index contributed by atoms with van der Waals surface area (Å²) in [7, 11) is 0. The summed E-state index contributed by atoms with van der Waals surface area (Å²) in [5, 5.41) is 12.3. The van der Waals surface area contributed by atoms with E-state index in [1.165, 1.54) is 0 Å². The van der Waals surface area contributed by atoms with Crippen LogP contribution in [-0.2, 0) is 0 Å². The number of hydrogen-bond acceptors (Lipinski definition) is 1. The second kappa shape index (κ2) is 5.12. The van der Waals surface area contributed by atoms with Crippen LogP contribution in [0.25, 0.3) is 0 Å². The van der Waals surface area contributed by atoms with E-state index in [0.717, 1.165) is 6.42 Å². The maximum absolute atomic E-state index is 12.0. The van der Waals surface area contributed by atoms with Crippen molar-refractivity contribution in [2.45, 2.75) is 38.2 Å². The Bertz CT molecular complexity index is 249. The van der Waals surface area contributed by atoms with Gasteiger partial charge in [-0.25, -0.2) is 4.79 Å². The van der Waals surface area contributed by atoms with Gasteiger partial charge in [0.2, 0.25) is 0 Å². The predicted octanol–water partition coefficient (Wildman–Crippen LogP) is 3.81. The molecule has 1 aliphatic carbocycles. The van der Waals surface area contributed by atoms with E-state index in [1.807, 2.05) is 13.8 Å². The van der Waals surface area contributed by atoms with Crippen molar-refractivity contribution < 1.29 is 28.2 Å². The number of carbonyl (C=O) groups is 1. The van der Waals surface area contributed by atoms with Gasteiger partial charge >= 0.3 is 12.3 Å². The first-order valence-corrected chi connectivity index (χ1v) is 5.03. The van der Waals surface area contributed by atoms with Crippen molar-refractivity contribution in [3.63, 3.8) is 0 Å². The van der Waals surface area contributed by atoms with Gasteiger partial charge in [0.15, 0.2) is 0 Å². The van der Waals surface area contributed by atoms with Crippen LogP contribution in [0.5, 0.6) is 0 Å². The van der Waals surface area contributed by atoms with E-state index in [-0.39, 0.29) is 17.8 Å². The van der Waals surface area contributed by atoms with Crippen LogP contribution in [0.4, 0.5) is 18.0 Å². The Morgan fingerprint density at radius 2 is 1.81 bits per heavy atom. The zero-order valence-electron chi connectivity index (χ0n) is 8.88. The SMILES string of the molecule is CC1(C)CC1CC(Cl)C(F)(F)F.O=C(O)O. The van der Waals surface area contributed by atoms with Crippen molar-refractivity contribution in [3.8, 4) is 0 Å². The summed E-state index contributed by atoms with van der Waals surface area (Å²) in [6.45, 7) is 3.94. The average Bonchev–Trinajstić information content (AvgIpc) is 2.54. The average molecular weight is 263 g/mol. The van der Waals surface area contributed by atoms with Crippen LogP contribution in [0, 0.1) is 11.3 Å². The molecule has 3 nitrogen and oxygen atoms in total. The molecule has 1 rings (SSSR count). The Labute approximate surface area is 96.2 Å². The van der Waals surface area contributed by atoms with Gasteiger partial charge in [-0.15, -0.1) is 11.6 Å². The molecule has 0 aliphatic heterocycles. The largest absolute Gasteiger partial charge is 0.503 e. The topological polar surface area (TPSA) is 57.5 Å². The quantitative estimate of drug-likeness (QED) is 0.744. The molecule has 0 aromatic heterocycles. The molecule has 2 unspecified atom stereocenters. The van der Waals surface area contributed by atoms with Crippen LogP contribution in [0.3, 0.4) is 0 Å². The smallest absolute Gasteiger partial charge is 0.450 e. The standard InChI is InChI=1S/C8H12ClF3.CH2O3/c1-7(2)4-5(7)3-6(9)8(10,11)12;2-1(3)4/h5-6H,3-4H2,1-2H3;(H2,2,3,4). The molecule has 1 saturated carbocycles. The first-order chi connectivity index (χ1) is 6.97. The Hall–Kier alpha value is -0.650. The molecule has 1 fully saturated rings. The lowest BCUT2D eigenvalue weighted by Crippen LogP contribution is -2.24. The maximum Gasteiger partial charge on any atom is 0.503 e. The molecular formula is C9H14ClF3O3. The number of carboxylic acid groups (broad SMARTS) is 2. The third-order valence-corrected chi connectivity index (χ3v) is 2.99. The zero-order chi connectivity index (χ0) is 13.1. The number of halogens is 4. The molecular weight excluding hydrogens is 249 g/mol. The van der Waals surface area contributed by atoms with Crippen molar-refractivity contribution in [2.75, 3.05) is 0 Å². The van der Waals surface area contributed by atoms with Gasteiger partial charge in [0.1, 0.15) is 5.38 Å². The Kier molecular flexibility index (Phi) is 4.91. The lowest BCUT2D eigenvalue weighted by atomic mass is 10.1. The molecule has 0 aromatic carbocycles. The molecule has 0 heterocycles. The van der Waals surface area contributed by atoms with Gasteiger partial charge in [0, 0.05) is 0 Å². The fourth-order valence-electron chi connectivity index (χ4n) is 1.36. The second-order valence-corrected chi connectivity index (χ2v) is 4.94. The van der Waals surface area contributed by atoms with Gasteiger partial charge in [-0.1, -0.05) is 13.8 Å². The second-order valence-electron chi connectivity index (χ2n) is 4.42. The molecule has 0 saturated heterocycles. The molecule has 0 spiro atoms. The van der Waals surface area contributed by atoms with Crippen LogP contribution in [0.2, 0.25) is 0 Å². The van der Waals surface area contributed by atoms with Gasteiger partial charge in [-0.05, 0) is 24.2 Å². The highest BCUT2D eigenvalue weighted by Gasteiger charge is 2.50. The van der Waals surface area contributed by atoms with Crippen LogP contribution >= 0.6 is 11.6 Å². The fraction of sp³-hybridized carbons (Fsp3) is 0.889. The molecule has 0 bridgehead atoms. The zero-order valence-corrected chi connectivity index (χ0v) is 9.64. The molecule has 0 radical (unpaired) electrons. The van der Waals surface area contributed by atoms with E-state index in [2.05, 4.69) is 0 Å². The first kappa shape index (κ1) is 15.3. The lowest BCUT2D eigenvalue weighted by Gasteiger charge is -2.13. The molecule has 2 atom stereocenters. The van der Waals surface area contributed by atoms with Crippen LogP contribution < -0.4 is 0 Å². The van der Waals surface area contributed by atoms with Crippen LogP contribution in [0.1, 0.15) is 26.7 Å². The minimum absolute atomic E-state index is 0.0675. The highest BCUT2D eigenvalue weighted by atomic mass is 35.5. The summed E-state index contributed by atoms with van der Waals surface area (Å²) >= 11 is 5.19. The summed E-state index contributed by atoms with van der Waals surface area (Å²) in [6, 6.07) is 0. The lowest BCUT2D eigenvalue weighted by molar-refractivity contribution is -0.132. The molecule has 2 N–H and O–H groups in total. The summed E-state index contributed by atoms with van der Waals surface area (Å²) in [5.74, 6) is 0.154. The van der Waals surface area contributed by atoms with E-state index < -0.39 is 17.7 Å². The minimum atomic E-state index is -4.24. The van der Waals surface area contributed by atoms with Crippen molar-refractivity contribution in [1.82, 2.24) is 0 Å². The normalized spacial score (nSPS) is 24.0. The maximum atomic E-state index is 12.0. The molecule has 0 amide bonds. The van der Waals surface area contributed by atoms with Gasteiger partial charge in [-0.2, -0.15) is 13.2 Å². The third kappa shape index (κ3) is 6.05. The van der Waals surface area contributed by atoms with Crippen molar-refractivity contribution >= 4 is 17.8 Å². The first-order valence-electron chi connectivity index (χ1n) is 4.59. The predicted molar refractivity (Wildman–Crippen MR) is 52.9 cm³/mol. The van der Waals surface area contributed by atoms with Crippen molar-refractivity contribution in [2.24, 2.45) is 11.3 Å². The highest BCUT2D eigenvalue weighted by Crippen LogP contribution is 2.55. The summed E-state index contributed by atoms with van der Waals surface area (Å²) in [6.07, 6.45) is -5.13. The Morgan fingerprint density at radius 3 is 2.00 bits per heavy atom. The number of alkyl halides is 4. The van der Waals surface area contributed by atoms with Crippen LogP contribution in [-0.4, -0.2) is 27.9 Å². The molecule has 16 heavy (non-hydrogen) atoms. The van der Waals surface area contributed by atoms with Crippen LogP contribution in [0.15, 0.2) is 0 Å². The van der Waals surface area contributed by atoms with Gasteiger partial charge < -0.3 is 10.2 Å². The van der Waals surface area contributed by atoms with E-state index >= 15 is 0 Å². The Balaban J connectivity index is 0.000000487. The number of hydrogen-bond donors (Lipinski definition) is 2. The van der Waals surface area contributed by atoms with E-state index in [9.17, 15) is 13.2 Å². The molecule has 1 aliphatic rings. The van der Waals surface area contributed by atoms with E-state index in [0.29, 0.717) is 0 Å². The van der Waals surface area contributed by atoms with Crippen molar-refractivity contribution in [3.05, 3.63) is 0 Å². The van der Waals surface area contributed by atoms with Gasteiger partial charge in [0.05, 0.1) is 0 Å². The highest BCUT2D eigenvalue weighted by molar-refractivity contribution is 6.21. The molecule has 7 heteroatoms. The van der Waals surface area contributed by atoms with E-state index in [4.69, 9.17) is 26.6 Å². The van der Waals surface area contributed by atoms with E-state index in [1.54, 1.807) is 0 Å². The molecule has 0 aromatic rings. The summed E-state index contributed by atoms with van der Waals surface area (Å²) in [5.41, 5.74) is 0.0817. The number of rotatable bonds is 2. The van der Waals surface area contributed by atoms with Gasteiger partial charge in [-0.3, -0.25) is 0 Å².